The highest BCUT2D eigenvalue weighted by Crippen LogP contribution is 2.68. The van der Waals surface area contributed by atoms with Crippen molar-refractivity contribution in [1.29, 1.82) is 0 Å². The zero-order valence-corrected chi connectivity index (χ0v) is 16.5. The third kappa shape index (κ3) is 2.04. The molecule has 0 aromatic rings. The van der Waals surface area contributed by atoms with Gasteiger partial charge in [-0.25, -0.2) is 0 Å². The molecule has 6 nitrogen and oxygen atoms in total. The minimum atomic E-state index is -0.325. The van der Waals surface area contributed by atoms with E-state index in [1.165, 1.54) is 9.80 Å². The second-order valence-electron chi connectivity index (χ2n) is 9.16. The number of likely N-dealkylation sites (tertiary alicyclic amines) is 2. The molecule has 0 N–H and O–H groups in total. The van der Waals surface area contributed by atoms with E-state index in [1.807, 2.05) is 13.8 Å². The Morgan fingerprint density at radius 3 is 1.36 bits per heavy atom. The summed E-state index contributed by atoms with van der Waals surface area (Å²) in [5, 5.41) is 0. The Morgan fingerprint density at radius 2 is 1.00 bits per heavy atom. The number of imide groups is 2. The van der Waals surface area contributed by atoms with E-state index in [9.17, 15) is 19.2 Å². The van der Waals surface area contributed by atoms with Crippen LogP contribution in [0.2, 0.25) is 0 Å². The molecule has 2 saturated heterocycles. The van der Waals surface area contributed by atoms with Crippen LogP contribution >= 0.6 is 0 Å². The van der Waals surface area contributed by atoms with Gasteiger partial charge in [-0.3, -0.25) is 29.0 Å². The van der Waals surface area contributed by atoms with Gasteiger partial charge in [0.1, 0.15) is 0 Å². The minimum absolute atomic E-state index is 0.0400. The van der Waals surface area contributed by atoms with Gasteiger partial charge in [0.2, 0.25) is 23.6 Å². The average molecular weight is 384 g/mol. The molecule has 4 aliphatic carbocycles. The van der Waals surface area contributed by atoms with Crippen LogP contribution in [0.4, 0.5) is 0 Å². The van der Waals surface area contributed by atoms with E-state index < -0.39 is 0 Å². The Labute approximate surface area is 165 Å². The first-order valence-electron chi connectivity index (χ1n) is 10.9. The number of hydrogen-bond donors (Lipinski definition) is 0. The summed E-state index contributed by atoms with van der Waals surface area (Å²) in [6, 6.07) is 0. The van der Waals surface area contributed by atoms with E-state index in [0.717, 1.165) is 25.7 Å². The van der Waals surface area contributed by atoms with Crippen molar-refractivity contribution in [2.75, 3.05) is 13.1 Å². The summed E-state index contributed by atoms with van der Waals surface area (Å²) in [4.78, 5) is 55.0. The lowest BCUT2D eigenvalue weighted by Crippen LogP contribution is -2.63. The fourth-order valence-electron chi connectivity index (χ4n) is 6.80. The number of rotatable bonds is 6. The van der Waals surface area contributed by atoms with Crippen molar-refractivity contribution in [2.45, 2.75) is 39.5 Å². The van der Waals surface area contributed by atoms with Gasteiger partial charge in [0.05, 0.1) is 23.7 Å². The maximum Gasteiger partial charge on any atom is 0.233 e. The van der Waals surface area contributed by atoms with Crippen LogP contribution in [0.3, 0.4) is 0 Å². The molecular formula is C22H28N2O4. The lowest BCUT2D eigenvalue weighted by molar-refractivity contribution is -0.166. The second-order valence-corrected chi connectivity index (χ2v) is 9.16. The third-order valence-electron chi connectivity index (χ3n) is 8.00. The van der Waals surface area contributed by atoms with Gasteiger partial charge in [0.25, 0.3) is 0 Å². The molecule has 6 aliphatic rings. The van der Waals surface area contributed by atoms with Crippen LogP contribution in [0.25, 0.3) is 0 Å². The molecule has 2 saturated carbocycles. The van der Waals surface area contributed by atoms with Gasteiger partial charge in [0, 0.05) is 13.1 Å². The molecule has 6 heteroatoms. The maximum absolute atomic E-state index is 13.1. The smallest absolute Gasteiger partial charge is 0.233 e. The predicted octanol–water partition coefficient (Wildman–Crippen LogP) is 1.85. The van der Waals surface area contributed by atoms with Crippen molar-refractivity contribution in [3.05, 3.63) is 12.2 Å². The largest absolute Gasteiger partial charge is 0.282 e. The predicted molar refractivity (Wildman–Crippen MR) is 100 cm³/mol. The highest BCUT2D eigenvalue weighted by molar-refractivity contribution is 6.09. The molecule has 2 heterocycles. The van der Waals surface area contributed by atoms with E-state index in [-0.39, 0.29) is 71.0 Å². The number of carbonyl (C=O) groups is 4. The second kappa shape index (κ2) is 6.26. The highest BCUT2D eigenvalue weighted by atomic mass is 16.2. The summed E-state index contributed by atoms with van der Waals surface area (Å²) in [7, 11) is 0. The molecule has 6 rings (SSSR count). The zero-order chi connectivity index (χ0) is 19.7. The maximum atomic E-state index is 13.1. The Hall–Kier alpha value is -1.98. The number of carbonyl (C=O) groups excluding carboxylic acids is 4. The summed E-state index contributed by atoms with van der Waals surface area (Å²) < 4.78 is 0. The summed E-state index contributed by atoms with van der Waals surface area (Å²) in [6.45, 7) is 5.09. The Kier molecular flexibility index (Phi) is 4.04. The Balaban J connectivity index is 1.45. The number of nitrogens with zero attached hydrogens (tertiary/aromatic N) is 2. The number of unbranched alkanes of at least 4 members (excludes halogenated alkanes) is 2. The van der Waals surface area contributed by atoms with E-state index in [1.54, 1.807) is 0 Å². The van der Waals surface area contributed by atoms with Crippen molar-refractivity contribution >= 4 is 23.6 Å². The van der Waals surface area contributed by atoms with Crippen LogP contribution in [0.1, 0.15) is 39.5 Å². The van der Waals surface area contributed by atoms with Gasteiger partial charge in [-0.05, 0) is 36.5 Å². The van der Waals surface area contributed by atoms with Crippen LogP contribution < -0.4 is 0 Å². The molecule has 4 amide bonds. The summed E-state index contributed by atoms with van der Waals surface area (Å²) in [5.41, 5.74) is 0. The lowest BCUT2D eigenvalue weighted by Gasteiger charge is -2.60. The lowest BCUT2D eigenvalue weighted by atomic mass is 9.40. The molecule has 150 valence electrons. The monoisotopic (exact) mass is 384 g/mol. The average Bonchev–Trinajstić information content (AvgIpc) is 3.03. The molecule has 0 unspecified atom stereocenters. The topological polar surface area (TPSA) is 74.8 Å². The standard InChI is InChI=1S/C22H28N2O4/c1-3-5-9-23-19(25)15-11-7-8-12(16(15)20(23)26)14-13(11)17-18(14)22(28)24(21(17)27)10-6-4-2/h7-8,11-18H,3-6,9-10H2,1-2H3/t11-,12-,13-,14-,15+,16+,17-,18-/m1/s1. The van der Waals surface area contributed by atoms with Crippen molar-refractivity contribution in [2.24, 2.45) is 47.3 Å². The molecule has 0 spiro atoms. The number of hydrogen-bond acceptors (Lipinski definition) is 4. The van der Waals surface area contributed by atoms with Crippen LogP contribution in [-0.4, -0.2) is 46.5 Å². The SMILES string of the molecule is CCCCN1C(=O)[C@H]2[C@@H]3C=C[C@@H]([C@@H]2C1=O)[C@H]1[C@H]2C(=O)N(CCCC)C(=O)[C@@H]2[C@H]31. The van der Waals surface area contributed by atoms with Gasteiger partial charge in [-0.15, -0.1) is 0 Å². The van der Waals surface area contributed by atoms with E-state index in [2.05, 4.69) is 12.2 Å². The first-order chi connectivity index (χ1) is 13.5. The molecule has 28 heavy (non-hydrogen) atoms. The van der Waals surface area contributed by atoms with Crippen LogP contribution in [0.5, 0.6) is 0 Å². The quantitative estimate of drug-likeness (QED) is 0.517. The van der Waals surface area contributed by atoms with Gasteiger partial charge in [-0.2, -0.15) is 0 Å². The molecule has 4 fully saturated rings. The van der Waals surface area contributed by atoms with Gasteiger partial charge < -0.3 is 0 Å². The van der Waals surface area contributed by atoms with E-state index in [4.69, 9.17) is 0 Å². The molecule has 0 aromatic carbocycles. The highest BCUT2D eigenvalue weighted by Gasteiger charge is 2.74. The third-order valence-corrected chi connectivity index (χ3v) is 8.00. The normalized spacial score (nSPS) is 42.8. The first-order valence-corrected chi connectivity index (χ1v) is 10.9. The molecule has 0 aromatic heterocycles. The fourth-order valence-corrected chi connectivity index (χ4v) is 6.80. The summed E-state index contributed by atoms with van der Waals surface area (Å²) >= 11 is 0. The molecule has 2 aliphatic heterocycles. The molecule has 0 radical (unpaired) electrons. The number of allylic oxidation sites excluding steroid dienone is 2. The van der Waals surface area contributed by atoms with E-state index >= 15 is 0 Å². The Morgan fingerprint density at radius 1 is 0.643 bits per heavy atom. The number of amides is 4. The molecular weight excluding hydrogens is 356 g/mol. The van der Waals surface area contributed by atoms with Crippen LogP contribution in [-0.2, 0) is 19.2 Å². The number of fused-ring (bicyclic) bond motifs is 1. The van der Waals surface area contributed by atoms with Crippen molar-refractivity contribution < 1.29 is 19.2 Å². The molecule has 8 atom stereocenters. The van der Waals surface area contributed by atoms with Gasteiger partial charge in [-0.1, -0.05) is 38.8 Å². The van der Waals surface area contributed by atoms with Crippen molar-refractivity contribution in [3.8, 4) is 0 Å². The fraction of sp³-hybridized carbons (Fsp3) is 0.727. The van der Waals surface area contributed by atoms with Crippen LogP contribution in [0.15, 0.2) is 12.2 Å². The van der Waals surface area contributed by atoms with Gasteiger partial charge >= 0.3 is 0 Å². The summed E-state index contributed by atoms with van der Waals surface area (Å²) in [5.74, 6) is -1.44. The Bertz CT molecular complexity index is 733. The van der Waals surface area contributed by atoms with Crippen LogP contribution in [0, 0.1) is 47.3 Å². The molecule has 2 bridgehead atoms. The zero-order valence-electron chi connectivity index (χ0n) is 16.5. The van der Waals surface area contributed by atoms with Gasteiger partial charge in [0.15, 0.2) is 0 Å². The summed E-state index contributed by atoms with van der Waals surface area (Å²) in [6.07, 6.45) is 7.66. The van der Waals surface area contributed by atoms with Crippen molar-refractivity contribution in [1.82, 2.24) is 9.80 Å². The first kappa shape index (κ1) is 18.1. The van der Waals surface area contributed by atoms with E-state index in [0.29, 0.717) is 13.1 Å². The van der Waals surface area contributed by atoms with Crippen molar-refractivity contribution in [3.63, 3.8) is 0 Å². The minimum Gasteiger partial charge on any atom is -0.282 e.